The number of nitro benzene ring substituents is 1. The SMILES string of the molecule is Cl.O=[N+]([O-])c1ccc(S(=O)(=O)O)c(Cl)c1. The summed E-state index contributed by atoms with van der Waals surface area (Å²) >= 11 is 5.41. The third-order valence-corrected chi connectivity index (χ3v) is 2.74. The van der Waals surface area contributed by atoms with Crippen molar-refractivity contribution in [3.63, 3.8) is 0 Å². The molecule has 0 fully saturated rings. The Kier molecular flexibility index (Phi) is 4.47. The molecule has 6 nitrogen and oxygen atoms in total. The average molecular weight is 274 g/mol. The first-order valence-electron chi connectivity index (χ1n) is 3.24. The van der Waals surface area contributed by atoms with Crippen LogP contribution in [0.2, 0.25) is 5.02 Å². The van der Waals surface area contributed by atoms with Crippen LogP contribution < -0.4 is 0 Å². The number of hydrogen-bond acceptors (Lipinski definition) is 4. The Hall–Kier alpha value is -0.890. The van der Waals surface area contributed by atoms with Crippen LogP contribution in [0.3, 0.4) is 0 Å². The van der Waals surface area contributed by atoms with Crippen LogP contribution in [0, 0.1) is 10.1 Å². The second-order valence-electron chi connectivity index (χ2n) is 2.35. The van der Waals surface area contributed by atoms with Gasteiger partial charge < -0.3 is 0 Å². The molecular weight excluding hydrogens is 269 g/mol. The van der Waals surface area contributed by atoms with Gasteiger partial charge in [-0.1, -0.05) is 11.6 Å². The summed E-state index contributed by atoms with van der Waals surface area (Å²) in [4.78, 5) is 8.98. The van der Waals surface area contributed by atoms with Gasteiger partial charge in [-0.25, -0.2) is 0 Å². The summed E-state index contributed by atoms with van der Waals surface area (Å²) in [6.45, 7) is 0. The van der Waals surface area contributed by atoms with Gasteiger partial charge in [-0.05, 0) is 6.07 Å². The number of nitro groups is 1. The zero-order valence-electron chi connectivity index (χ0n) is 6.95. The Morgan fingerprint density at radius 1 is 1.40 bits per heavy atom. The highest BCUT2D eigenvalue weighted by molar-refractivity contribution is 7.86. The molecule has 84 valence electrons. The zero-order valence-corrected chi connectivity index (χ0v) is 9.34. The predicted molar refractivity (Wildman–Crippen MR) is 55.2 cm³/mol. The average Bonchev–Trinajstić information content (AvgIpc) is 2.01. The number of benzene rings is 1. The van der Waals surface area contributed by atoms with E-state index in [2.05, 4.69) is 0 Å². The summed E-state index contributed by atoms with van der Waals surface area (Å²) in [5.74, 6) is 0. The molecule has 0 unspecified atom stereocenters. The van der Waals surface area contributed by atoms with Gasteiger partial charge in [-0.2, -0.15) is 8.42 Å². The van der Waals surface area contributed by atoms with Gasteiger partial charge in [0.25, 0.3) is 15.8 Å². The minimum absolute atomic E-state index is 0. The summed E-state index contributed by atoms with van der Waals surface area (Å²) in [6, 6.07) is 2.66. The van der Waals surface area contributed by atoms with Crippen LogP contribution >= 0.6 is 24.0 Å². The molecule has 0 aliphatic rings. The molecule has 1 aromatic rings. The number of halogens is 2. The minimum Gasteiger partial charge on any atom is -0.282 e. The van der Waals surface area contributed by atoms with Crippen LogP contribution in [-0.4, -0.2) is 17.9 Å². The van der Waals surface area contributed by atoms with E-state index in [9.17, 15) is 18.5 Å². The van der Waals surface area contributed by atoms with E-state index >= 15 is 0 Å². The van der Waals surface area contributed by atoms with Crippen molar-refractivity contribution < 1.29 is 17.9 Å². The highest BCUT2D eigenvalue weighted by Gasteiger charge is 2.17. The normalized spacial score (nSPS) is 10.5. The molecule has 0 spiro atoms. The standard InChI is InChI=1S/C6H4ClNO5S.ClH/c7-5-3-4(8(9)10)1-2-6(5)14(11,12)13;/h1-3H,(H,11,12,13);1H. The molecule has 0 bridgehead atoms. The first-order valence-corrected chi connectivity index (χ1v) is 5.05. The number of hydrogen-bond donors (Lipinski definition) is 1. The lowest BCUT2D eigenvalue weighted by molar-refractivity contribution is -0.384. The lowest BCUT2D eigenvalue weighted by atomic mass is 10.3. The molecule has 1 aromatic carbocycles. The third-order valence-electron chi connectivity index (χ3n) is 1.40. The quantitative estimate of drug-likeness (QED) is 0.504. The van der Waals surface area contributed by atoms with Crippen LogP contribution in [0.25, 0.3) is 0 Å². The lowest BCUT2D eigenvalue weighted by Crippen LogP contribution is -1.99. The number of rotatable bonds is 2. The first kappa shape index (κ1) is 14.1. The fourth-order valence-electron chi connectivity index (χ4n) is 0.813. The molecule has 0 amide bonds. The van der Waals surface area contributed by atoms with Crippen molar-refractivity contribution in [2.24, 2.45) is 0 Å². The summed E-state index contributed by atoms with van der Waals surface area (Å²) in [7, 11) is -4.43. The van der Waals surface area contributed by atoms with Crippen LogP contribution in [0.1, 0.15) is 0 Å². The van der Waals surface area contributed by atoms with E-state index in [0.29, 0.717) is 0 Å². The van der Waals surface area contributed by atoms with Gasteiger partial charge in [-0.15, -0.1) is 12.4 Å². The van der Waals surface area contributed by atoms with Crippen molar-refractivity contribution >= 4 is 39.8 Å². The lowest BCUT2D eigenvalue weighted by Gasteiger charge is -1.99. The maximum atomic E-state index is 10.6. The largest absolute Gasteiger partial charge is 0.296 e. The van der Waals surface area contributed by atoms with E-state index in [1.807, 2.05) is 0 Å². The fraction of sp³-hybridized carbons (Fsp3) is 0. The molecule has 15 heavy (non-hydrogen) atoms. The van der Waals surface area contributed by atoms with Crippen molar-refractivity contribution in [1.82, 2.24) is 0 Å². The Bertz CT molecular complexity index is 486. The van der Waals surface area contributed by atoms with Gasteiger partial charge in [0.2, 0.25) is 0 Å². The molecule has 9 heteroatoms. The molecule has 0 saturated heterocycles. The van der Waals surface area contributed by atoms with E-state index in [0.717, 1.165) is 18.2 Å². The Morgan fingerprint density at radius 3 is 2.27 bits per heavy atom. The van der Waals surface area contributed by atoms with Crippen molar-refractivity contribution in [2.75, 3.05) is 0 Å². The minimum atomic E-state index is -4.43. The molecular formula is C6H5Cl2NO5S. The highest BCUT2D eigenvalue weighted by atomic mass is 35.5. The summed E-state index contributed by atoms with van der Waals surface area (Å²) < 4.78 is 29.9. The van der Waals surface area contributed by atoms with Crippen LogP contribution in [0.4, 0.5) is 5.69 Å². The predicted octanol–water partition coefficient (Wildman–Crippen LogP) is 1.92. The van der Waals surface area contributed by atoms with Gasteiger partial charge in [0.1, 0.15) is 4.90 Å². The fourth-order valence-corrected chi connectivity index (χ4v) is 1.83. The van der Waals surface area contributed by atoms with Crippen LogP contribution in [0.15, 0.2) is 23.1 Å². The number of non-ortho nitro benzene ring substituents is 1. The van der Waals surface area contributed by atoms with Gasteiger partial charge in [0, 0.05) is 12.1 Å². The Balaban J connectivity index is 0.00000196. The topological polar surface area (TPSA) is 97.5 Å². The molecule has 1 N–H and O–H groups in total. The van der Waals surface area contributed by atoms with E-state index in [4.69, 9.17) is 16.2 Å². The molecule has 0 atom stereocenters. The van der Waals surface area contributed by atoms with Crippen molar-refractivity contribution in [2.45, 2.75) is 4.90 Å². The first-order chi connectivity index (χ1) is 6.32. The number of nitrogens with zero attached hydrogens (tertiary/aromatic N) is 1. The van der Waals surface area contributed by atoms with Crippen molar-refractivity contribution in [1.29, 1.82) is 0 Å². The van der Waals surface area contributed by atoms with Gasteiger partial charge >= 0.3 is 0 Å². The van der Waals surface area contributed by atoms with Crippen LogP contribution in [-0.2, 0) is 10.1 Å². The van der Waals surface area contributed by atoms with E-state index in [-0.39, 0.29) is 23.1 Å². The maximum absolute atomic E-state index is 10.6. The van der Waals surface area contributed by atoms with Gasteiger partial charge in [-0.3, -0.25) is 14.7 Å². The molecule has 0 radical (unpaired) electrons. The smallest absolute Gasteiger partial charge is 0.282 e. The van der Waals surface area contributed by atoms with Crippen LogP contribution in [0.5, 0.6) is 0 Å². The molecule has 0 heterocycles. The molecule has 0 aliphatic heterocycles. The second kappa shape index (κ2) is 4.75. The van der Waals surface area contributed by atoms with Crippen molar-refractivity contribution in [3.05, 3.63) is 33.3 Å². The molecule has 0 saturated carbocycles. The molecule has 0 aromatic heterocycles. The third kappa shape index (κ3) is 3.31. The van der Waals surface area contributed by atoms with E-state index < -0.39 is 19.9 Å². The summed E-state index contributed by atoms with van der Waals surface area (Å²) in [5.41, 5.74) is -0.345. The van der Waals surface area contributed by atoms with Gasteiger partial charge in [0.05, 0.1) is 9.95 Å². The summed E-state index contributed by atoms with van der Waals surface area (Å²) in [5, 5.41) is 9.86. The molecule has 0 aliphatic carbocycles. The summed E-state index contributed by atoms with van der Waals surface area (Å²) in [6.07, 6.45) is 0. The maximum Gasteiger partial charge on any atom is 0.296 e. The highest BCUT2D eigenvalue weighted by Crippen LogP contribution is 2.25. The van der Waals surface area contributed by atoms with E-state index in [1.165, 1.54) is 0 Å². The van der Waals surface area contributed by atoms with Gasteiger partial charge in [0.15, 0.2) is 0 Å². The zero-order chi connectivity index (χ0) is 10.9. The van der Waals surface area contributed by atoms with E-state index in [1.54, 1.807) is 0 Å². The Morgan fingerprint density at radius 2 is 1.93 bits per heavy atom. The second-order valence-corrected chi connectivity index (χ2v) is 4.14. The van der Waals surface area contributed by atoms with Crippen molar-refractivity contribution in [3.8, 4) is 0 Å². The Labute approximate surface area is 96.2 Å². The molecule has 1 rings (SSSR count). The monoisotopic (exact) mass is 273 g/mol.